The van der Waals surface area contributed by atoms with Crippen molar-refractivity contribution in [3.8, 4) is 0 Å². The highest BCUT2D eigenvalue weighted by molar-refractivity contribution is 7.94. The molecule has 1 unspecified atom stereocenters. The molecule has 0 spiro atoms. The summed E-state index contributed by atoms with van der Waals surface area (Å²) < 4.78 is 4.64. The molecule has 2 N–H and O–H groups in total. The van der Waals surface area contributed by atoms with Crippen molar-refractivity contribution in [2.45, 2.75) is 12.5 Å². The van der Waals surface area contributed by atoms with E-state index in [0.717, 1.165) is 0 Å². The van der Waals surface area contributed by atoms with E-state index in [2.05, 4.69) is 30.4 Å². The molecule has 0 radical (unpaired) electrons. The van der Waals surface area contributed by atoms with Gasteiger partial charge in [0, 0.05) is 0 Å². The Morgan fingerprint density at radius 2 is 1.79 bits per heavy atom. The molecule has 7 nitrogen and oxygen atoms in total. The zero-order valence-corrected chi connectivity index (χ0v) is 8.44. The van der Waals surface area contributed by atoms with Crippen molar-refractivity contribution in [3.05, 3.63) is 0 Å². The predicted molar refractivity (Wildman–Crippen MR) is 50.0 cm³/mol. The summed E-state index contributed by atoms with van der Waals surface area (Å²) in [7, 11) is 0. The summed E-state index contributed by atoms with van der Waals surface area (Å²) in [6.45, 7) is 0. The van der Waals surface area contributed by atoms with Crippen LogP contribution in [0.2, 0.25) is 0 Å². The Morgan fingerprint density at radius 3 is 2.07 bits per heavy atom. The van der Waals surface area contributed by atoms with Crippen molar-refractivity contribution in [2.75, 3.05) is 0 Å². The van der Waals surface area contributed by atoms with Gasteiger partial charge in [0.2, 0.25) is 6.10 Å². The van der Waals surface area contributed by atoms with Crippen LogP contribution in [0.15, 0.2) is 0 Å². The van der Waals surface area contributed by atoms with Crippen LogP contribution in [0.3, 0.4) is 0 Å². The lowest BCUT2D eigenvalue weighted by Crippen LogP contribution is -2.31. The number of thiol groups is 2. The Balaban J connectivity index is 4.31. The largest absolute Gasteiger partial charge is 0.481 e. The molecule has 0 fully saturated rings. The Labute approximate surface area is 89.7 Å². The number of carboxylic acids is 2. The van der Waals surface area contributed by atoms with Crippen LogP contribution in [0.5, 0.6) is 0 Å². The Morgan fingerprint density at radius 1 is 1.29 bits per heavy atom. The van der Waals surface area contributed by atoms with Crippen LogP contribution in [0, 0.1) is 0 Å². The van der Waals surface area contributed by atoms with Crippen molar-refractivity contribution in [1.82, 2.24) is 3.71 Å². The van der Waals surface area contributed by atoms with Crippen molar-refractivity contribution in [1.29, 1.82) is 0 Å². The maximum Gasteiger partial charge on any atom is 0.430 e. The highest BCUT2D eigenvalue weighted by atomic mass is 32.2. The molecule has 14 heavy (non-hydrogen) atoms. The van der Waals surface area contributed by atoms with Gasteiger partial charge in [-0.25, -0.2) is 9.59 Å². The minimum atomic E-state index is -1.75. The number of carbonyl (C=O) groups excluding carboxylic acids is 1. The van der Waals surface area contributed by atoms with Crippen molar-refractivity contribution >= 4 is 43.7 Å². The molecule has 0 aromatic rings. The third kappa shape index (κ3) is 4.82. The smallest absolute Gasteiger partial charge is 0.430 e. The summed E-state index contributed by atoms with van der Waals surface area (Å²) in [4.78, 5) is 31.3. The number of hydrogen-bond donors (Lipinski definition) is 4. The van der Waals surface area contributed by atoms with Gasteiger partial charge in [0.15, 0.2) is 0 Å². The van der Waals surface area contributed by atoms with Crippen LogP contribution in [0.1, 0.15) is 6.42 Å². The first-order chi connectivity index (χ1) is 6.34. The van der Waals surface area contributed by atoms with Gasteiger partial charge in [-0.1, -0.05) is 0 Å². The molecular formula is C5H7NO6S2. The van der Waals surface area contributed by atoms with Gasteiger partial charge in [-0.2, -0.15) is 3.71 Å². The van der Waals surface area contributed by atoms with Gasteiger partial charge in [0.25, 0.3) is 0 Å². The van der Waals surface area contributed by atoms with E-state index in [1.165, 1.54) is 0 Å². The molecule has 0 aliphatic carbocycles. The van der Waals surface area contributed by atoms with Crippen molar-refractivity contribution in [3.63, 3.8) is 0 Å². The van der Waals surface area contributed by atoms with Gasteiger partial charge in [-0.05, 0) is 25.6 Å². The highest BCUT2D eigenvalue weighted by Crippen LogP contribution is 2.07. The van der Waals surface area contributed by atoms with Gasteiger partial charge < -0.3 is 14.9 Å². The zero-order chi connectivity index (χ0) is 11.3. The summed E-state index contributed by atoms with van der Waals surface area (Å²) in [5.74, 6) is -2.95. The monoisotopic (exact) mass is 241 g/mol. The maximum atomic E-state index is 10.7. The van der Waals surface area contributed by atoms with E-state index < -0.39 is 30.6 Å². The second-order valence-electron chi connectivity index (χ2n) is 2.10. The van der Waals surface area contributed by atoms with E-state index in [0.29, 0.717) is 3.71 Å². The van der Waals surface area contributed by atoms with E-state index in [9.17, 15) is 14.4 Å². The second-order valence-corrected chi connectivity index (χ2v) is 3.21. The third-order valence-corrected chi connectivity index (χ3v) is 1.37. The van der Waals surface area contributed by atoms with Crippen LogP contribution in [0.25, 0.3) is 0 Å². The molecule has 0 aliphatic rings. The van der Waals surface area contributed by atoms with Crippen molar-refractivity contribution < 1.29 is 29.3 Å². The van der Waals surface area contributed by atoms with Gasteiger partial charge in [0.05, 0.1) is 6.42 Å². The number of amides is 1. The molecule has 80 valence electrons. The molecule has 0 aromatic carbocycles. The van der Waals surface area contributed by atoms with E-state index in [1.807, 2.05) is 0 Å². The minimum Gasteiger partial charge on any atom is -0.481 e. The molecule has 0 bridgehead atoms. The number of aliphatic carboxylic acids is 2. The average Bonchev–Trinajstić information content (AvgIpc) is 2.01. The highest BCUT2D eigenvalue weighted by Gasteiger charge is 2.26. The van der Waals surface area contributed by atoms with Crippen LogP contribution < -0.4 is 0 Å². The van der Waals surface area contributed by atoms with Crippen LogP contribution >= 0.6 is 25.6 Å². The fourth-order valence-corrected chi connectivity index (χ4v) is 0.601. The second kappa shape index (κ2) is 5.60. The SMILES string of the molecule is O=C(O)CC(OC(=O)N(S)S)C(=O)O. The number of carbonyl (C=O) groups is 3. The summed E-state index contributed by atoms with van der Waals surface area (Å²) in [6.07, 6.45) is -3.73. The van der Waals surface area contributed by atoms with Gasteiger partial charge in [0.1, 0.15) is 0 Å². The summed E-state index contributed by atoms with van der Waals surface area (Å²) >= 11 is 6.82. The van der Waals surface area contributed by atoms with Crippen molar-refractivity contribution in [2.24, 2.45) is 0 Å². The lowest BCUT2D eigenvalue weighted by Gasteiger charge is -2.13. The van der Waals surface area contributed by atoms with E-state index in [-0.39, 0.29) is 0 Å². The molecule has 0 aliphatic heterocycles. The molecular weight excluding hydrogens is 234 g/mol. The molecule has 9 heteroatoms. The number of hydrogen-bond acceptors (Lipinski definition) is 6. The van der Waals surface area contributed by atoms with E-state index in [1.54, 1.807) is 0 Å². The third-order valence-electron chi connectivity index (χ3n) is 1.04. The van der Waals surface area contributed by atoms with Gasteiger partial charge >= 0.3 is 18.0 Å². The molecule has 0 saturated heterocycles. The first kappa shape index (κ1) is 12.9. The molecule has 0 rings (SSSR count). The standard InChI is InChI=1S/C5H7NO6S2/c7-3(8)1-2(4(9)10)12-5(11)6(13)14/h2,13-14H,1H2,(H,7,8)(H,9,10). The van der Waals surface area contributed by atoms with Gasteiger partial charge in [-0.15, -0.1) is 0 Å². The molecule has 0 aromatic heterocycles. The molecule has 1 atom stereocenters. The fraction of sp³-hybridized carbons (Fsp3) is 0.400. The molecule has 1 amide bonds. The minimum absolute atomic E-state index is 0.401. The molecule has 0 saturated carbocycles. The lowest BCUT2D eigenvalue weighted by atomic mass is 10.2. The quantitative estimate of drug-likeness (QED) is 0.518. The Hall–Kier alpha value is -1.09. The van der Waals surface area contributed by atoms with E-state index >= 15 is 0 Å². The fourth-order valence-electron chi connectivity index (χ4n) is 0.507. The Bertz CT molecular complexity index is 255. The number of rotatable bonds is 4. The summed E-state index contributed by atoms with van der Waals surface area (Å²) in [5.41, 5.74) is 0. The van der Waals surface area contributed by atoms with E-state index in [4.69, 9.17) is 10.2 Å². The summed E-state index contributed by atoms with van der Waals surface area (Å²) in [6, 6.07) is 0. The topological polar surface area (TPSA) is 104 Å². The Kier molecular flexibility index (Phi) is 5.16. The first-order valence-corrected chi connectivity index (χ1v) is 3.97. The molecule has 0 heterocycles. The van der Waals surface area contributed by atoms with Crippen LogP contribution in [0.4, 0.5) is 4.79 Å². The first-order valence-electron chi connectivity index (χ1n) is 3.17. The number of carboxylic acid groups (broad SMARTS) is 2. The predicted octanol–water partition coefficient (Wildman–Crippen LogP) is 0.0425. The van der Waals surface area contributed by atoms with Crippen LogP contribution in [-0.2, 0) is 14.3 Å². The van der Waals surface area contributed by atoms with Gasteiger partial charge in [-0.3, -0.25) is 4.79 Å². The maximum absolute atomic E-state index is 10.7. The summed E-state index contributed by atoms with van der Waals surface area (Å²) in [5, 5.41) is 16.7. The number of ether oxygens (including phenoxy) is 1. The average molecular weight is 241 g/mol. The zero-order valence-electron chi connectivity index (χ0n) is 6.65. The van der Waals surface area contributed by atoms with Crippen LogP contribution in [-0.4, -0.2) is 38.1 Å². The lowest BCUT2D eigenvalue weighted by molar-refractivity contribution is -0.153. The normalized spacial score (nSPS) is 11.6. The number of nitrogens with zero attached hydrogens (tertiary/aromatic N) is 1.